The van der Waals surface area contributed by atoms with Gasteiger partial charge in [-0.05, 0) is 50.8 Å². The number of hydrogen-bond donors (Lipinski definition) is 2. The zero-order valence-electron chi connectivity index (χ0n) is 11.4. The minimum atomic E-state index is -0.500. The average Bonchev–Trinajstić information content (AvgIpc) is 2.50. The fourth-order valence-corrected chi connectivity index (χ4v) is 2.51. The van der Waals surface area contributed by atoms with Crippen LogP contribution in [0.4, 0.5) is 5.69 Å². The van der Waals surface area contributed by atoms with Crippen molar-refractivity contribution in [1.29, 1.82) is 0 Å². The van der Waals surface area contributed by atoms with E-state index in [9.17, 15) is 5.11 Å². The predicted octanol–water partition coefficient (Wildman–Crippen LogP) is 2.45. The predicted molar refractivity (Wildman–Crippen MR) is 75.7 cm³/mol. The molecule has 3 N–H and O–H groups in total. The molecule has 1 aliphatic rings. The van der Waals surface area contributed by atoms with E-state index in [2.05, 4.69) is 29.2 Å². The SMILES string of the molecule is CC(N)c1ccc(N2CCCC(C)(O)CC2)cc1. The molecule has 18 heavy (non-hydrogen) atoms. The number of benzene rings is 1. The summed E-state index contributed by atoms with van der Waals surface area (Å²) in [6, 6.07) is 8.56. The largest absolute Gasteiger partial charge is 0.390 e. The molecule has 0 radical (unpaired) electrons. The van der Waals surface area contributed by atoms with Crippen molar-refractivity contribution >= 4 is 5.69 Å². The van der Waals surface area contributed by atoms with Gasteiger partial charge in [0.25, 0.3) is 0 Å². The molecule has 2 atom stereocenters. The first-order chi connectivity index (χ1) is 8.48. The molecule has 2 rings (SSSR count). The van der Waals surface area contributed by atoms with Crippen molar-refractivity contribution in [3.8, 4) is 0 Å². The summed E-state index contributed by atoms with van der Waals surface area (Å²) in [5, 5.41) is 10.1. The Morgan fingerprint density at radius 3 is 2.50 bits per heavy atom. The second-order valence-corrected chi connectivity index (χ2v) is 5.72. The second kappa shape index (κ2) is 5.29. The van der Waals surface area contributed by atoms with Gasteiger partial charge in [-0.3, -0.25) is 0 Å². The lowest BCUT2D eigenvalue weighted by Crippen LogP contribution is -2.28. The molecule has 0 saturated carbocycles. The van der Waals surface area contributed by atoms with Gasteiger partial charge in [0.2, 0.25) is 0 Å². The maximum atomic E-state index is 10.1. The molecular formula is C15H24N2O. The lowest BCUT2D eigenvalue weighted by atomic mass is 9.98. The lowest BCUT2D eigenvalue weighted by molar-refractivity contribution is 0.0481. The van der Waals surface area contributed by atoms with Gasteiger partial charge in [-0.1, -0.05) is 12.1 Å². The van der Waals surface area contributed by atoms with E-state index in [0.29, 0.717) is 0 Å². The summed E-state index contributed by atoms with van der Waals surface area (Å²) in [5.41, 5.74) is 7.76. The van der Waals surface area contributed by atoms with Crippen LogP contribution in [0.25, 0.3) is 0 Å². The highest BCUT2D eigenvalue weighted by atomic mass is 16.3. The summed E-state index contributed by atoms with van der Waals surface area (Å²) in [5.74, 6) is 0. The van der Waals surface area contributed by atoms with E-state index in [1.165, 1.54) is 11.3 Å². The molecular weight excluding hydrogens is 224 g/mol. The van der Waals surface area contributed by atoms with Gasteiger partial charge >= 0.3 is 0 Å². The molecule has 1 fully saturated rings. The fraction of sp³-hybridized carbons (Fsp3) is 0.600. The van der Waals surface area contributed by atoms with E-state index >= 15 is 0 Å². The van der Waals surface area contributed by atoms with Crippen LogP contribution in [0.2, 0.25) is 0 Å². The summed E-state index contributed by atoms with van der Waals surface area (Å²) < 4.78 is 0. The van der Waals surface area contributed by atoms with E-state index in [1.807, 2.05) is 13.8 Å². The molecule has 1 aromatic rings. The summed E-state index contributed by atoms with van der Waals surface area (Å²) in [7, 11) is 0. The minimum Gasteiger partial charge on any atom is -0.390 e. The lowest BCUT2D eigenvalue weighted by Gasteiger charge is -2.24. The van der Waals surface area contributed by atoms with E-state index in [-0.39, 0.29) is 6.04 Å². The van der Waals surface area contributed by atoms with Crippen molar-refractivity contribution in [2.24, 2.45) is 5.73 Å². The Morgan fingerprint density at radius 2 is 1.89 bits per heavy atom. The third-order valence-corrected chi connectivity index (χ3v) is 3.85. The van der Waals surface area contributed by atoms with Gasteiger partial charge in [0.05, 0.1) is 5.60 Å². The third-order valence-electron chi connectivity index (χ3n) is 3.85. The normalized spacial score (nSPS) is 26.8. The van der Waals surface area contributed by atoms with E-state index in [4.69, 9.17) is 5.73 Å². The van der Waals surface area contributed by atoms with Crippen molar-refractivity contribution in [3.05, 3.63) is 29.8 Å². The fourth-order valence-electron chi connectivity index (χ4n) is 2.51. The maximum Gasteiger partial charge on any atom is 0.0637 e. The van der Waals surface area contributed by atoms with Crippen LogP contribution in [0.15, 0.2) is 24.3 Å². The van der Waals surface area contributed by atoms with Crippen LogP contribution < -0.4 is 10.6 Å². The van der Waals surface area contributed by atoms with Gasteiger partial charge in [-0.25, -0.2) is 0 Å². The molecule has 1 heterocycles. The number of anilines is 1. The summed E-state index contributed by atoms with van der Waals surface area (Å²) >= 11 is 0. The summed E-state index contributed by atoms with van der Waals surface area (Å²) in [6.45, 7) is 5.88. The zero-order chi connectivity index (χ0) is 13.2. The van der Waals surface area contributed by atoms with Crippen LogP contribution in [-0.2, 0) is 0 Å². The monoisotopic (exact) mass is 248 g/mol. The third kappa shape index (κ3) is 3.24. The molecule has 1 aliphatic heterocycles. The van der Waals surface area contributed by atoms with Gasteiger partial charge in [-0.15, -0.1) is 0 Å². The topological polar surface area (TPSA) is 49.5 Å². The van der Waals surface area contributed by atoms with Crippen LogP contribution >= 0.6 is 0 Å². The smallest absolute Gasteiger partial charge is 0.0637 e. The molecule has 0 spiro atoms. The number of rotatable bonds is 2. The average molecular weight is 248 g/mol. The number of nitrogens with two attached hydrogens (primary N) is 1. The molecule has 3 nitrogen and oxygen atoms in total. The number of hydrogen-bond acceptors (Lipinski definition) is 3. The Kier molecular flexibility index (Phi) is 3.93. The van der Waals surface area contributed by atoms with Crippen LogP contribution in [0.5, 0.6) is 0 Å². The number of aliphatic hydroxyl groups is 1. The number of nitrogens with zero attached hydrogens (tertiary/aromatic N) is 1. The van der Waals surface area contributed by atoms with Gasteiger partial charge in [0.1, 0.15) is 0 Å². The highest BCUT2D eigenvalue weighted by Crippen LogP contribution is 2.26. The first kappa shape index (κ1) is 13.4. The Morgan fingerprint density at radius 1 is 1.22 bits per heavy atom. The first-order valence-electron chi connectivity index (χ1n) is 6.81. The van der Waals surface area contributed by atoms with Crippen molar-refractivity contribution in [2.75, 3.05) is 18.0 Å². The Labute approximate surface area is 110 Å². The molecule has 0 aromatic heterocycles. The molecule has 1 saturated heterocycles. The van der Waals surface area contributed by atoms with Crippen LogP contribution in [-0.4, -0.2) is 23.8 Å². The van der Waals surface area contributed by atoms with E-state index in [0.717, 1.165) is 32.4 Å². The van der Waals surface area contributed by atoms with Crippen LogP contribution in [0.3, 0.4) is 0 Å². The first-order valence-corrected chi connectivity index (χ1v) is 6.81. The minimum absolute atomic E-state index is 0.0870. The summed E-state index contributed by atoms with van der Waals surface area (Å²) in [4.78, 5) is 2.35. The van der Waals surface area contributed by atoms with Gasteiger partial charge in [0, 0.05) is 24.8 Å². The molecule has 0 amide bonds. The molecule has 3 heteroatoms. The molecule has 2 unspecified atom stereocenters. The Balaban J connectivity index is 2.07. The molecule has 0 aliphatic carbocycles. The molecule has 100 valence electrons. The van der Waals surface area contributed by atoms with E-state index in [1.54, 1.807) is 0 Å². The standard InChI is InChI=1S/C15H24N2O/c1-12(16)13-4-6-14(7-5-13)17-10-3-8-15(2,18)9-11-17/h4-7,12,18H,3,8-11,16H2,1-2H3. The van der Waals surface area contributed by atoms with E-state index < -0.39 is 5.60 Å². The van der Waals surface area contributed by atoms with Crippen molar-refractivity contribution in [3.63, 3.8) is 0 Å². The maximum absolute atomic E-state index is 10.1. The van der Waals surface area contributed by atoms with Crippen molar-refractivity contribution in [2.45, 2.75) is 44.8 Å². The van der Waals surface area contributed by atoms with Gasteiger partial charge in [0.15, 0.2) is 0 Å². The zero-order valence-corrected chi connectivity index (χ0v) is 11.4. The second-order valence-electron chi connectivity index (χ2n) is 5.72. The highest BCUT2D eigenvalue weighted by Gasteiger charge is 2.24. The van der Waals surface area contributed by atoms with Gasteiger partial charge < -0.3 is 15.7 Å². The Bertz CT molecular complexity index is 384. The Hall–Kier alpha value is -1.06. The summed E-state index contributed by atoms with van der Waals surface area (Å²) in [6.07, 6.45) is 2.77. The van der Waals surface area contributed by atoms with Crippen molar-refractivity contribution in [1.82, 2.24) is 0 Å². The van der Waals surface area contributed by atoms with Crippen molar-refractivity contribution < 1.29 is 5.11 Å². The van der Waals surface area contributed by atoms with Crippen LogP contribution in [0, 0.1) is 0 Å². The quantitative estimate of drug-likeness (QED) is 0.845. The molecule has 0 bridgehead atoms. The van der Waals surface area contributed by atoms with Crippen LogP contribution in [0.1, 0.15) is 44.7 Å². The highest BCUT2D eigenvalue weighted by molar-refractivity contribution is 5.48. The molecule has 1 aromatic carbocycles. The van der Waals surface area contributed by atoms with Gasteiger partial charge in [-0.2, -0.15) is 0 Å².